The van der Waals surface area contributed by atoms with E-state index in [-0.39, 0.29) is 11.8 Å². The van der Waals surface area contributed by atoms with Crippen LogP contribution in [0.1, 0.15) is 30.1 Å². The summed E-state index contributed by atoms with van der Waals surface area (Å²) in [5, 5.41) is 3.89. The third-order valence-corrected chi connectivity index (χ3v) is 2.80. The molecule has 0 bridgehead atoms. The molecule has 1 fully saturated rings. The molecule has 1 aromatic rings. The molecule has 80 valence electrons. The first kappa shape index (κ1) is 10.7. The van der Waals surface area contributed by atoms with Crippen LogP contribution in [0.5, 0.6) is 0 Å². The normalized spacial score (nSPS) is 17.5. The molecule has 15 heavy (non-hydrogen) atoms. The van der Waals surface area contributed by atoms with Crippen LogP contribution in [0.4, 0.5) is 0 Å². The minimum absolute atomic E-state index is 0.115. The fourth-order valence-electron chi connectivity index (χ4n) is 1.57. The van der Waals surface area contributed by atoms with E-state index >= 15 is 0 Å². The second kappa shape index (κ2) is 4.33. The molecule has 1 saturated carbocycles. The molecule has 0 unspecified atom stereocenters. The van der Waals surface area contributed by atoms with Crippen LogP contribution >= 0.6 is 11.6 Å². The van der Waals surface area contributed by atoms with Crippen molar-refractivity contribution in [2.45, 2.75) is 31.8 Å². The average Bonchev–Trinajstić information content (AvgIpc) is 3.00. The molecule has 1 atom stereocenters. The van der Waals surface area contributed by atoms with Gasteiger partial charge in [-0.2, -0.15) is 0 Å². The molecule has 0 saturated heterocycles. The molecule has 1 N–H and O–H groups in total. The first-order valence-electron chi connectivity index (χ1n) is 5.22. The first-order chi connectivity index (χ1) is 7.16. The van der Waals surface area contributed by atoms with Gasteiger partial charge in [0.25, 0.3) is 0 Å². The molecule has 0 aromatic heterocycles. The zero-order valence-corrected chi connectivity index (χ0v) is 9.42. The van der Waals surface area contributed by atoms with Crippen LogP contribution in [0.3, 0.4) is 0 Å². The number of Topliss-reactive ketones (excluding diaryl/α,β-unsaturated/α-hetero) is 1. The van der Waals surface area contributed by atoms with Crippen LogP contribution in [0.15, 0.2) is 24.3 Å². The minimum Gasteiger partial charge on any atom is -0.305 e. The van der Waals surface area contributed by atoms with Crippen molar-refractivity contribution in [3.05, 3.63) is 34.9 Å². The van der Waals surface area contributed by atoms with Crippen LogP contribution in [0, 0.1) is 0 Å². The number of benzene rings is 1. The Morgan fingerprint density at radius 2 is 2.27 bits per heavy atom. The van der Waals surface area contributed by atoms with E-state index in [0.717, 1.165) is 0 Å². The van der Waals surface area contributed by atoms with Crippen LogP contribution in [0.2, 0.25) is 5.02 Å². The van der Waals surface area contributed by atoms with E-state index in [0.29, 0.717) is 16.6 Å². The number of ketones is 1. The highest BCUT2D eigenvalue weighted by Gasteiger charge is 2.26. The Balaban J connectivity index is 2.05. The molecule has 1 aliphatic rings. The van der Waals surface area contributed by atoms with Gasteiger partial charge in [0.05, 0.1) is 6.04 Å². The Kier molecular flexibility index (Phi) is 3.08. The van der Waals surface area contributed by atoms with Gasteiger partial charge < -0.3 is 5.32 Å². The first-order valence-corrected chi connectivity index (χ1v) is 5.60. The zero-order chi connectivity index (χ0) is 10.8. The number of hydrogen-bond acceptors (Lipinski definition) is 2. The van der Waals surface area contributed by atoms with Crippen molar-refractivity contribution in [2.24, 2.45) is 0 Å². The number of rotatable bonds is 4. The fourth-order valence-corrected chi connectivity index (χ4v) is 1.76. The van der Waals surface area contributed by atoms with E-state index in [1.807, 2.05) is 6.92 Å². The van der Waals surface area contributed by atoms with Crippen LogP contribution in [-0.4, -0.2) is 17.9 Å². The van der Waals surface area contributed by atoms with Gasteiger partial charge in [0.15, 0.2) is 5.78 Å². The van der Waals surface area contributed by atoms with Crippen LogP contribution < -0.4 is 5.32 Å². The Morgan fingerprint density at radius 3 is 2.87 bits per heavy atom. The van der Waals surface area contributed by atoms with Crippen molar-refractivity contribution in [3.63, 3.8) is 0 Å². The average molecular weight is 224 g/mol. The van der Waals surface area contributed by atoms with Gasteiger partial charge in [-0.1, -0.05) is 23.7 Å². The molecule has 2 nitrogen and oxygen atoms in total. The van der Waals surface area contributed by atoms with Crippen LogP contribution in [0.25, 0.3) is 0 Å². The van der Waals surface area contributed by atoms with Gasteiger partial charge in [0.1, 0.15) is 0 Å². The van der Waals surface area contributed by atoms with E-state index in [2.05, 4.69) is 5.32 Å². The molecule has 0 spiro atoms. The number of halogens is 1. The van der Waals surface area contributed by atoms with Gasteiger partial charge in [-0.3, -0.25) is 4.79 Å². The molecular weight excluding hydrogens is 210 g/mol. The van der Waals surface area contributed by atoms with Crippen LogP contribution in [-0.2, 0) is 0 Å². The summed E-state index contributed by atoms with van der Waals surface area (Å²) >= 11 is 5.84. The van der Waals surface area contributed by atoms with Crippen molar-refractivity contribution >= 4 is 17.4 Å². The summed E-state index contributed by atoms with van der Waals surface area (Å²) in [6.45, 7) is 1.90. The summed E-state index contributed by atoms with van der Waals surface area (Å²) in [7, 11) is 0. The number of hydrogen-bond donors (Lipinski definition) is 1. The van der Waals surface area contributed by atoms with Gasteiger partial charge in [-0.05, 0) is 31.9 Å². The maximum absolute atomic E-state index is 11.9. The third-order valence-electron chi connectivity index (χ3n) is 2.57. The Bertz CT molecular complexity index is 374. The highest BCUT2D eigenvalue weighted by Crippen LogP contribution is 2.20. The Labute approximate surface area is 94.6 Å². The van der Waals surface area contributed by atoms with Crippen molar-refractivity contribution in [3.8, 4) is 0 Å². The maximum atomic E-state index is 11.9. The third kappa shape index (κ3) is 2.80. The quantitative estimate of drug-likeness (QED) is 0.796. The lowest BCUT2D eigenvalue weighted by atomic mass is 10.1. The Hall–Kier alpha value is -0.860. The lowest BCUT2D eigenvalue weighted by Gasteiger charge is -2.11. The van der Waals surface area contributed by atoms with Crippen molar-refractivity contribution < 1.29 is 4.79 Å². The highest BCUT2D eigenvalue weighted by molar-refractivity contribution is 6.31. The predicted octanol–water partition coefficient (Wildman–Crippen LogP) is 2.66. The zero-order valence-electron chi connectivity index (χ0n) is 8.66. The van der Waals surface area contributed by atoms with Crippen molar-refractivity contribution in [1.82, 2.24) is 5.32 Å². The van der Waals surface area contributed by atoms with Gasteiger partial charge in [-0.25, -0.2) is 0 Å². The molecule has 0 aliphatic heterocycles. The number of carbonyl (C=O) groups excluding carboxylic acids is 1. The van der Waals surface area contributed by atoms with E-state index in [9.17, 15) is 4.79 Å². The smallest absolute Gasteiger partial charge is 0.179 e. The molecule has 1 aliphatic carbocycles. The molecule has 0 radical (unpaired) electrons. The van der Waals surface area contributed by atoms with Gasteiger partial charge in [0.2, 0.25) is 0 Å². The molecule has 0 heterocycles. The van der Waals surface area contributed by atoms with E-state index < -0.39 is 0 Å². The highest BCUT2D eigenvalue weighted by atomic mass is 35.5. The molecule has 2 rings (SSSR count). The second-order valence-electron chi connectivity index (χ2n) is 4.04. The molecule has 1 aromatic carbocycles. The standard InChI is InChI=1S/C12H14ClNO/c1-8(14-11-5-6-11)12(15)9-3-2-4-10(13)7-9/h2-4,7-8,11,14H,5-6H2,1H3/t8-/m1/s1. The lowest BCUT2D eigenvalue weighted by molar-refractivity contribution is 0.0950. The summed E-state index contributed by atoms with van der Waals surface area (Å²) in [4.78, 5) is 11.9. The van der Waals surface area contributed by atoms with Gasteiger partial charge >= 0.3 is 0 Å². The van der Waals surface area contributed by atoms with E-state index in [4.69, 9.17) is 11.6 Å². The maximum Gasteiger partial charge on any atom is 0.179 e. The molecule has 3 heteroatoms. The van der Waals surface area contributed by atoms with E-state index in [1.54, 1.807) is 24.3 Å². The summed E-state index contributed by atoms with van der Waals surface area (Å²) in [5.74, 6) is 0.115. The number of nitrogens with one attached hydrogen (secondary N) is 1. The Morgan fingerprint density at radius 1 is 1.53 bits per heavy atom. The fraction of sp³-hybridized carbons (Fsp3) is 0.417. The van der Waals surface area contributed by atoms with Gasteiger partial charge in [0, 0.05) is 16.6 Å². The topological polar surface area (TPSA) is 29.1 Å². The molecule has 0 amide bonds. The lowest BCUT2D eigenvalue weighted by Crippen LogP contribution is -2.35. The molecular formula is C12H14ClNO. The summed E-state index contributed by atoms with van der Waals surface area (Å²) in [5.41, 5.74) is 0.683. The van der Waals surface area contributed by atoms with Crippen molar-refractivity contribution in [1.29, 1.82) is 0 Å². The van der Waals surface area contributed by atoms with Crippen molar-refractivity contribution in [2.75, 3.05) is 0 Å². The summed E-state index contributed by atoms with van der Waals surface area (Å²) in [6.07, 6.45) is 2.38. The van der Waals surface area contributed by atoms with Gasteiger partial charge in [-0.15, -0.1) is 0 Å². The predicted molar refractivity (Wildman–Crippen MR) is 61.4 cm³/mol. The van der Waals surface area contributed by atoms with E-state index in [1.165, 1.54) is 12.8 Å². The SMILES string of the molecule is C[C@@H](NC1CC1)C(=O)c1cccc(Cl)c1. The largest absolute Gasteiger partial charge is 0.305 e. The number of carbonyl (C=O) groups is 1. The monoisotopic (exact) mass is 223 g/mol. The summed E-state index contributed by atoms with van der Waals surface area (Å²) in [6, 6.07) is 7.53. The summed E-state index contributed by atoms with van der Waals surface area (Å²) < 4.78 is 0. The minimum atomic E-state index is -0.115. The second-order valence-corrected chi connectivity index (χ2v) is 4.47.